The lowest BCUT2D eigenvalue weighted by atomic mass is 10.3. The number of hydrogen-bond donors (Lipinski definition) is 1. The van der Waals surface area contributed by atoms with Crippen molar-refractivity contribution >= 4 is 33.5 Å². The van der Waals surface area contributed by atoms with Crippen LogP contribution >= 0.6 is 0 Å². The van der Waals surface area contributed by atoms with Gasteiger partial charge in [0.25, 0.3) is 5.91 Å². The van der Waals surface area contributed by atoms with Crippen molar-refractivity contribution < 1.29 is 22.7 Å². The molecule has 1 amide bonds. The van der Waals surface area contributed by atoms with E-state index in [4.69, 9.17) is 4.74 Å². The van der Waals surface area contributed by atoms with Crippen LogP contribution in [0.4, 0.5) is 11.6 Å². The van der Waals surface area contributed by atoms with E-state index in [1.807, 2.05) is 0 Å². The number of nitrogens with one attached hydrogen (secondary N) is 1. The van der Waals surface area contributed by atoms with E-state index in [-0.39, 0.29) is 11.4 Å². The van der Waals surface area contributed by atoms with E-state index in [1.54, 1.807) is 45.4 Å². The fraction of sp³-hybridized carbons (Fsp3) is 0.368. The molecule has 0 fully saturated rings. The van der Waals surface area contributed by atoms with E-state index in [2.05, 4.69) is 15.3 Å². The van der Waals surface area contributed by atoms with Gasteiger partial charge in [0.15, 0.2) is 6.61 Å². The predicted molar refractivity (Wildman–Crippen MR) is 111 cm³/mol. The van der Waals surface area contributed by atoms with Crippen LogP contribution < -0.4 is 10.2 Å². The van der Waals surface area contributed by atoms with Crippen molar-refractivity contribution in [3.8, 4) is 0 Å². The van der Waals surface area contributed by atoms with Gasteiger partial charge in [0.05, 0.1) is 4.90 Å². The second-order valence-corrected chi connectivity index (χ2v) is 8.17. The van der Waals surface area contributed by atoms with E-state index < -0.39 is 28.5 Å². The first kappa shape index (κ1) is 23.2. The van der Waals surface area contributed by atoms with Gasteiger partial charge in [0.1, 0.15) is 6.54 Å². The lowest BCUT2D eigenvalue weighted by Crippen LogP contribution is -2.31. The predicted octanol–water partition coefficient (Wildman–Crippen LogP) is 1.13. The fourth-order valence-corrected chi connectivity index (χ4v) is 4.09. The molecular weight excluding hydrogens is 410 g/mol. The van der Waals surface area contributed by atoms with Crippen LogP contribution in [0.3, 0.4) is 0 Å². The van der Waals surface area contributed by atoms with Gasteiger partial charge in [-0.15, -0.1) is 0 Å². The van der Waals surface area contributed by atoms with Gasteiger partial charge in [-0.1, -0.05) is 19.9 Å². The average molecular weight is 436 g/mol. The number of amides is 1. The molecule has 11 heteroatoms. The number of likely N-dealkylation sites (N-methyl/N-ethyl adjacent to an activating group) is 1. The SMILES string of the molecule is CCN(CC)S(=O)(=O)c1cccc(NC(=O)COC(=O)CN(C)c2ncccn2)c1. The highest BCUT2D eigenvalue weighted by atomic mass is 32.2. The molecule has 1 heterocycles. The smallest absolute Gasteiger partial charge is 0.326 e. The number of anilines is 2. The second-order valence-electron chi connectivity index (χ2n) is 6.23. The zero-order valence-electron chi connectivity index (χ0n) is 17.1. The number of aromatic nitrogens is 2. The molecule has 10 nitrogen and oxygen atoms in total. The molecule has 2 rings (SSSR count). The highest BCUT2D eigenvalue weighted by Crippen LogP contribution is 2.19. The number of sulfonamides is 1. The van der Waals surface area contributed by atoms with Crippen LogP contribution in [0.15, 0.2) is 47.6 Å². The molecule has 162 valence electrons. The molecule has 0 bridgehead atoms. The van der Waals surface area contributed by atoms with E-state index in [1.165, 1.54) is 27.4 Å². The number of carbonyl (C=O) groups is 2. The molecular formula is C19H25N5O5S. The Morgan fingerprint density at radius 2 is 1.77 bits per heavy atom. The third kappa shape index (κ3) is 6.22. The first-order chi connectivity index (χ1) is 14.3. The van der Waals surface area contributed by atoms with Crippen molar-refractivity contribution in [2.45, 2.75) is 18.7 Å². The Balaban J connectivity index is 1.91. The van der Waals surface area contributed by atoms with Crippen LogP contribution in [0, 0.1) is 0 Å². The van der Waals surface area contributed by atoms with Crippen molar-refractivity contribution in [3.63, 3.8) is 0 Å². The van der Waals surface area contributed by atoms with Gasteiger partial charge in [-0.25, -0.2) is 18.4 Å². The number of benzene rings is 1. The molecule has 0 atom stereocenters. The van der Waals surface area contributed by atoms with Crippen LogP contribution in [-0.2, 0) is 24.3 Å². The van der Waals surface area contributed by atoms with Crippen LogP contribution in [0.1, 0.15) is 13.8 Å². The number of ether oxygens (including phenoxy) is 1. The molecule has 1 N–H and O–H groups in total. The average Bonchev–Trinajstić information content (AvgIpc) is 2.74. The minimum Gasteiger partial charge on any atom is -0.454 e. The maximum absolute atomic E-state index is 12.6. The van der Waals surface area contributed by atoms with Crippen molar-refractivity contribution in [1.29, 1.82) is 0 Å². The number of esters is 1. The van der Waals surface area contributed by atoms with Gasteiger partial charge in [-0.3, -0.25) is 9.59 Å². The minimum absolute atomic E-state index is 0.0745. The molecule has 30 heavy (non-hydrogen) atoms. The quantitative estimate of drug-likeness (QED) is 0.551. The maximum atomic E-state index is 12.6. The summed E-state index contributed by atoms with van der Waals surface area (Å²) in [4.78, 5) is 33.6. The molecule has 2 aromatic rings. The van der Waals surface area contributed by atoms with Crippen LogP contribution in [-0.4, -0.2) is 67.9 Å². The summed E-state index contributed by atoms with van der Waals surface area (Å²) in [5.41, 5.74) is 0.291. The van der Waals surface area contributed by atoms with Crippen LogP contribution in [0.25, 0.3) is 0 Å². The van der Waals surface area contributed by atoms with Gasteiger partial charge >= 0.3 is 5.97 Å². The number of nitrogens with zero attached hydrogens (tertiary/aromatic N) is 4. The summed E-state index contributed by atoms with van der Waals surface area (Å²) in [6.45, 7) is 3.55. The summed E-state index contributed by atoms with van der Waals surface area (Å²) in [7, 11) is -2.02. The van der Waals surface area contributed by atoms with Gasteiger partial charge in [-0.2, -0.15) is 4.31 Å². The largest absolute Gasteiger partial charge is 0.454 e. The molecule has 0 radical (unpaired) electrons. The molecule has 0 saturated heterocycles. The summed E-state index contributed by atoms with van der Waals surface area (Å²) in [6, 6.07) is 7.58. The van der Waals surface area contributed by atoms with Gasteiger partial charge in [-0.05, 0) is 24.3 Å². The number of carbonyl (C=O) groups excluding carboxylic acids is 2. The Hall–Kier alpha value is -3.05. The zero-order valence-corrected chi connectivity index (χ0v) is 17.9. The normalized spacial score (nSPS) is 11.2. The minimum atomic E-state index is -3.65. The molecule has 0 aliphatic carbocycles. The number of rotatable bonds is 10. The Morgan fingerprint density at radius 1 is 1.10 bits per heavy atom. The molecule has 1 aromatic heterocycles. The Bertz CT molecular complexity index is 964. The standard InChI is InChI=1S/C19H25N5O5S/c1-4-24(5-2)30(27,28)16-9-6-8-15(12-16)22-17(25)14-29-18(26)13-23(3)19-20-10-7-11-21-19/h6-12H,4-5,13-14H2,1-3H3,(H,22,25). The third-order valence-corrected chi connectivity index (χ3v) is 6.13. The summed E-state index contributed by atoms with van der Waals surface area (Å²) in [5.74, 6) is -0.859. The molecule has 0 spiro atoms. The first-order valence-corrected chi connectivity index (χ1v) is 10.8. The fourth-order valence-electron chi connectivity index (χ4n) is 2.59. The zero-order chi connectivity index (χ0) is 22.1. The molecule has 0 aliphatic heterocycles. The Kier molecular flexibility index (Phi) is 8.25. The maximum Gasteiger partial charge on any atom is 0.326 e. The Morgan fingerprint density at radius 3 is 2.40 bits per heavy atom. The van der Waals surface area contributed by atoms with E-state index in [9.17, 15) is 18.0 Å². The monoisotopic (exact) mass is 435 g/mol. The van der Waals surface area contributed by atoms with Gasteiger partial charge in [0.2, 0.25) is 16.0 Å². The summed E-state index contributed by atoms with van der Waals surface area (Å²) in [5, 5.41) is 2.53. The summed E-state index contributed by atoms with van der Waals surface area (Å²) >= 11 is 0. The second kappa shape index (κ2) is 10.6. The van der Waals surface area contributed by atoms with Crippen LogP contribution in [0.5, 0.6) is 0 Å². The summed E-state index contributed by atoms with van der Waals surface area (Å²) < 4.78 is 31.5. The Labute approximate surface area is 175 Å². The molecule has 0 unspecified atom stereocenters. The molecule has 0 aliphatic rings. The van der Waals surface area contributed by atoms with E-state index in [0.717, 1.165) is 0 Å². The van der Waals surface area contributed by atoms with Crippen molar-refractivity contribution in [1.82, 2.24) is 14.3 Å². The third-order valence-electron chi connectivity index (χ3n) is 4.09. The van der Waals surface area contributed by atoms with Crippen molar-refractivity contribution in [2.75, 3.05) is 43.5 Å². The van der Waals surface area contributed by atoms with Crippen molar-refractivity contribution in [2.24, 2.45) is 0 Å². The molecule has 0 saturated carbocycles. The highest BCUT2D eigenvalue weighted by Gasteiger charge is 2.22. The van der Waals surface area contributed by atoms with Gasteiger partial charge in [0, 0.05) is 38.2 Å². The topological polar surface area (TPSA) is 122 Å². The lowest BCUT2D eigenvalue weighted by Gasteiger charge is -2.19. The first-order valence-electron chi connectivity index (χ1n) is 9.31. The van der Waals surface area contributed by atoms with E-state index >= 15 is 0 Å². The highest BCUT2D eigenvalue weighted by molar-refractivity contribution is 7.89. The van der Waals surface area contributed by atoms with Gasteiger partial charge < -0.3 is 15.0 Å². The van der Waals surface area contributed by atoms with E-state index in [0.29, 0.717) is 24.7 Å². The number of hydrogen-bond acceptors (Lipinski definition) is 8. The summed E-state index contributed by atoms with van der Waals surface area (Å²) in [6.07, 6.45) is 3.10. The molecule has 1 aromatic carbocycles. The van der Waals surface area contributed by atoms with Crippen molar-refractivity contribution in [3.05, 3.63) is 42.7 Å². The lowest BCUT2D eigenvalue weighted by molar-refractivity contribution is -0.145. The van der Waals surface area contributed by atoms with Crippen LogP contribution in [0.2, 0.25) is 0 Å².